The molecule has 2 heterocycles. The van der Waals surface area contributed by atoms with E-state index in [1.807, 2.05) is 0 Å². The molecule has 0 aliphatic carbocycles. The number of hydrogen-bond acceptors (Lipinski definition) is 21. The first-order valence-electron chi connectivity index (χ1n) is 32.7. The molecular weight excluding hydrogens is 1220 g/mol. The van der Waals surface area contributed by atoms with E-state index in [2.05, 4.69) is 73.1 Å². The van der Waals surface area contributed by atoms with Crippen LogP contribution >= 0.6 is 0 Å². The van der Waals surface area contributed by atoms with Crippen molar-refractivity contribution in [2.24, 2.45) is 0 Å². The summed E-state index contributed by atoms with van der Waals surface area (Å²) in [6.45, 7) is 15.0. The van der Waals surface area contributed by atoms with Crippen molar-refractivity contribution in [1.29, 1.82) is 0 Å². The third-order valence-electron chi connectivity index (χ3n) is 12.8. The Morgan fingerprint density at radius 1 is 0.301 bits per heavy atom. The van der Waals surface area contributed by atoms with Crippen LogP contribution in [0.15, 0.2) is 21.7 Å². The number of carbonyl (C=O) groups is 6. The lowest BCUT2D eigenvalue weighted by molar-refractivity contribution is -0.0262. The summed E-state index contributed by atoms with van der Waals surface area (Å²) in [5.74, 6) is 0.206. The van der Waals surface area contributed by atoms with E-state index in [0.29, 0.717) is 169 Å². The summed E-state index contributed by atoms with van der Waals surface area (Å²) in [6.07, 6.45) is 12.7. The number of aromatic amines is 2. The number of hydrogen-bond donors (Lipinski definition) is 12. The standard InChI is InChI=1S/C60H108N14O19/c1-49-47-51(75)71-53(69-49)73-57(79)65-23-15-5-3-11-19-61-55(77)63-21-13-7-9-17-25-67-59(81)92-45-43-90-41-39-88-37-35-86-33-31-84-29-27-83-28-30-85-32-34-87-36-38-89-40-42-91-44-46-93-60(82)68-26-18-10-8-14-22-64-56(78)62-20-12-4-6-16-24-66-58(80)74-54-70-50(2)48-52(76)72-54/h47-48H,3-46H2,1-2H3,(H,67,81)(H,68,82)(H2,61,63,77)(H2,62,64,78)(H3,65,69,71,73,75,79)(H3,66,70,72,74,76,80). The van der Waals surface area contributed by atoms with Crippen LogP contribution < -0.4 is 64.3 Å². The van der Waals surface area contributed by atoms with Gasteiger partial charge in [-0.2, -0.15) is 0 Å². The van der Waals surface area contributed by atoms with Gasteiger partial charge in [0.1, 0.15) is 13.2 Å². The van der Waals surface area contributed by atoms with Gasteiger partial charge >= 0.3 is 36.3 Å². The summed E-state index contributed by atoms with van der Waals surface area (Å²) in [4.78, 5) is 108. The molecule has 0 saturated heterocycles. The molecule has 93 heavy (non-hydrogen) atoms. The zero-order valence-corrected chi connectivity index (χ0v) is 54.9. The average molecular weight is 1330 g/mol. The van der Waals surface area contributed by atoms with Crippen molar-refractivity contribution in [3.05, 3.63) is 44.2 Å². The number of amides is 10. The number of anilines is 2. The van der Waals surface area contributed by atoms with E-state index >= 15 is 0 Å². The summed E-state index contributed by atoms with van der Waals surface area (Å²) in [5, 5.41) is 27.3. The van der Waals surface area contributed by atoms with Crippen LogP contribution in [-0.2, 0) is 52.1 Å². The van der Waals surface area contributed by atoms with Crippen LogP contribution in [0.2, 0.25) is 0 Å². The summed E-state index contributed by atoms with van der Waals surface area (Å²) < 4.78 is 59.7. The Labute approximate surface area is 545 Å². The molecule has 12 N–H and O–H groups in total. The van der Waals surface area contributed by atoms with Gasteiger partial charge in [0.15, 0.2) is 0 Å². The number of H-pyrrole nitrogens is 2. The number of carbonyl (C=O) groups excluding carboxylic acids is 6. The maximum absolute atomic E-state index is 12.0. The number of aromatic nitrogens is 4. The first-order valence-corrected chi connectivity index (χ1v) is 32.7. The van der Waals surface area contributed by atoms with Gasteiger partial charge in [0, 0.05) is 75.9 Å². The van der Waals surface area contributed by atoms with E-state index in [4.69, 9.17) is 52.1 Å². The molecule has 0 saturated carbocycles. The molecule has 2 aromatic rings. The number of nitrogens with zero attached hydrogens (tertiary/aromatic N) is 2. The Morgan fingerprint density at radius 3 is 0.731 bits per heavy atom. The largest absolute Gasteiger partial charge is 0.447 e. The first kappa shape index (κ1) is 82.1. The van der Waals surface area contributed by atoms with Gasteiger partial charge in [0.05, 0.1) is 119 Å². The Morgan fingerprint density at radius 2 is 0.505 bits per heavy atom. The molecule has 0 aliphatic rings. The molecule has 0 aliphatic heterocycles. The van der Waals surface area contributed by atoms with Crippen molar-refractivity contribution in [2.45, 2.75) is 117 Å². The van der Waals surface area contributed by atoms with E-state index in [1.165, 1.54) is 12.1 Å². The maximum Gasteiger partial charge on any atom is 0.407 e. The maximum atomic E-state index is 12.0. The number of ether oxygens (including phenoxy) is 11. The van der Waals surface area contributed by atoms with Gasteiger partial charge in [-0.15, -0.1) is 0 Å². The van der Waals surface area contributed by atoms with E-state index in [-0.39, 0.29) is 61.5 Å². The van der Waals surface area contributed by atoms with E-state index in [0.717, 1.165) is 103 Å². The van der Waals surface area contributed by atoms with E-state index < -0.39 is 24.2 Å². The van der Waals surface area contributed by atoms with Crippen LogP contribution in [0.4, 0.5) is 40.7 Å². The summed E-state index contributed by atoms with van der Waals surface area (Å²) in [7, 11) is 0. The fourth-order valence-corrected chi connectivity index (χ4v) is 8.06. The molecule has 0 spiro atoms. The lowest BCUT2D eigenvalue weighted by Gasteiger charge is -2.09. The number of rotatable bonds is 60. The molecular formula is C60H108N14O19. The van der Waals surface area contributed by atoms with Gasteiger partial charge in [0.25, 0.3) is 11.1 Å². The fraction of sp³-hybridized carbons (Fsp3) is 0.767. The molecule has 0 bridgehead atoms. The predicted molar refractivity (Wildman–Crippen MR) is 346 cm³/mol. The van der Waals surface area contributed by atoms with Gasteiger partial charge < -0.3 is 94.6 Å². The van der Waals surface area contributed by atoms with Gasteiger partial charge in [-0.1, -0.05) is 51.4 Å². The third kappa shape index (κ3) is 55.2. The SMILES string of the molecule is Cc1cc(=O)[nH]c(NC(=O)NCCCCCCNC(=O)NCCCCCCNC(=O)OCCOCCOCCOCCOCCOCCOCCOCCOCCOCCOC(=O)NCCCCCCNC(=O)NCCCCCCNC(=O)Nc2nc(C)cc(=O)[nH]2)n1. The van der Waals surface area contributed by atoms with Crippen LogP contribution in [0, 0.1) is 13.8 Å². The summed E-state index contributed by atoms with van der Waals surface area (Å²) in [6, 6.07) is 1.42. The zero-order chi connectivity index (χ0) is 67.1. The first-order chi connectivity index (χ1) is 45.4. The minimum absolute atomic E-state index is 0.103. The Balaban J connectivity index is 1.16. The highest BCUT2D eigenvalue weighted by Gasteiger charge is 2.09. The lowest BCUT2D eigenvalue weighted by atomic mass is 10.2. The zero-order valence-electron chi connectivity index (χ0n) is 54.9. The number of aryl methyl sites for hydroxylation is 2. The third-order valence-corrected chi connectivity index (χ3v) is 12.8. The molecule has 10 amide bonds. The van der Waals surface area contributed by atoms with Crippen molar-refractivity contribution in [3.63, 3.8) is 0 Å². The summed E-state index contributed by atoms with van der Waals surface area (Å²) >= 11 is 0. The number of alkyl carbamates (subject to hydrolysis) is 2. The second-order valence-corrected chi connectivity index (χ2v) is 20.9. The molecule has 0 fully saturated rings. The molecule has 532 valence electrons. The van der Waals surface area contributed by atoms with Gasteiger partial charge in [-0.3, -0.25) is 30.2 Å². The monoisotopic (exact) mass is 1330 g/mol. The molecule has 0 aromatic carbocycles. The highest BCUT2D eigenvalue weighted by Crippen LogP contribution is 2.03. The Hall–Kier alpha value is -6.98. The van der Waals surface area contributed by atoms with Gasteiger partial charge in [0.2, 0.25) is 11.9 Å². The molecule has 2 rings (SSSR count). The summed E-state index contributed by atoms with van der Waals surface area (Å²) in [5.41, 5.74) is 0.354. The minimum Gasteiger partial charge on any atom is -0.447 e. The van der Waals surface area contributed by atoms with Crippen molar-refractivity contribution in [3.8, 4) is 0 Å². The second-order valence-electron chi connectivity index (χ2n) is 20.9. The van der Waals surface area contributed by atoms with Gasteiger partial charge in [-0.05, 0) is 65.2 Å². The molecule has 0 atom stereocenters. The highest BCUT2D eigenvalue weighted by atomic mass is 16.6. The molecule has 33 heteroatoms. The Bertz CT molecular complexity index is 2200. The van der Waals surface area contributed by atoms with Crippen LogP contribution in [-0.4, -0.2) is 241 Å². The van der Waals surface area contributed by atoms with Crippen molar-refractivity contribution in [1.82, 2.24) is 62.5 Å². The molecule has 33 nitrogen and oxygen atoms in total. The van der Waals surface area contributed by atoms with E-state index in [9.17, 15) is 38.4 Å². The van der Waals surface area contributed by atoms with Crippen LogP contribution in [0.3, 0.4) is 0 Å². The number of unbranched alkanes of at least 4 members (excludes halogenated alkanes) is 12. The molecule has 0 radical (unpaired) electrons. The average Bonchev–Trinajstić information content (AvgIpc) is 3.28. The minimum atomic E-state index is -0.490. The number of nitrogens with one attached hydrogen (secondary N) is 12. The smallest absolute Gasteiger partial charge is 0.407 e. The normalized spacial score (nSPS) is 10.9. The molecule has 0 unspecified atom stereocenters. The van der Waals surface area contributed by atoms with Crippen LogP contribution in [0.25, 0.3) is 0 Å². The van der Waals surface area contributed by atoms with Gasteiger partial charge in [-0.25, -0.2) is 38.7 Å². The van der Waals surface area contributed by atoms with Crippen LogP contribution in [0.1, 0.15) is 114 Å². The second kappa shape index (κ2) is 60.0. The lowest BCUT2D eigenvalue weighted by Crippen LogP contribution is -2.36. The van der Waals surface area contributed by atoms with E-state index in [1.54, 1.807) is 13.8 Å². The van der Waals surface area contributed by atoms with Crippen molar-refractivity contribution in [2.75, 3.05) is 195 Å². The van der Waals surface area contributed by atoms with Crippen molar-refractivity contribution >= 4 is 48.2 Å². The fourth-order valence-electron chi connectivity index (χ4n) is 8.06. The Kier molecular flexibility index (Phi) is 53.0. The number of urea groups is 4. The predicted octanol–water partition coefficient (Wildman–Crippen LogP) is 3.86. The topological polar surface area (TPSA) is 416 Å². The quantitative estimate of drug-likeness (QED) is 0.0418. The van der Waals surface area contributed by atoms with Crippen LogP contribution in [0.5, 0.6) is 0 Å². The highest BCUT2D eigenvalue weighted by molar-refractivity contribution is 5.87. The molecule has 2 aromatic heterocycles. The van der Waals surface area contributed by atoms with Crippen molar-refractivity contribution < 1.29 is 80.9 Å².